The summed E-state index contributed by atoms with van der Waals surface area (Å²) in [7, 11) is 2.10. The number of nitrogens with zero attached hydrogens (tertiary/aromatic N) is 2. The van der Waals surface area contributed by atoms with Gasteiger partial charge < -0.3 is 4.90 Å². The smallest absolute Gasteiger partial charge is 0.0931 e. The molecule has 0 aromatic carbocycles. The molecule has 1 heterocycles. The Morgan fingerprint density at radius 1 is 1.53 bits per heavy atom. The van der Waals surface area contributed by atoms with Crippen molar-refractivity contribution in [2.45, 2.75) is 25.7 Å². The van der Waals surface area contributed by atoms with Gasteiger partial charge in [-0.3, -0.25) is 0 Å². The van der Waals surface area contributed by atoms with E-state index in [2.05, 4.69) is 24.1 Å². The van der Waals surface area contributed by atoms with Crippen molar-refractivity contribution in [3.05, 3.63) is 21.3 Å². The quantitative estimate of drug-likeness (QED) is 0.816. The number of rotatable bonds is 5. The number of hydrogen-bond acceptors (Lipinski definition) is 3. The molecule has 2 nitrogen and oxygen atoms in total. The number of hydrogen-bond donors (Lipinski definition) is 0. The van der Waals surface area contributed by atoms with Crippen molar-refractivity contribution in [3.63, 3.8) is 0 Å². The van der Waals surface area contributed by atoms with Crippen LogP contribution in [0.4, 0.5) is 0 Å². The zero-order chi connectivity index (χ0) is 12.3. The van der Waals surface area contributed by atoms with Crippen LogP contribution in [0, 0.1) is 16.7 Å². The lowest BCUT2D eigenvalue weighted by Gasteiger charge is -2.38. The van der Waals surface area contributed by atoms with E-state index in [9.17, 15) is 5.26 Å². The number of halogens is 1. The predicted molar refractivity (Wildman–Crippen MR) is 72.4 cm³/mol. The molecule has 0 radical (unpaired) electrons. The molecule has 1 aliphatic rings. The van der Waals surface area contributed by atoms with Gasteiger partial charge in [0.1, 0.15) is 0 Å². The third-order valence-electron chi connectivity index (χ3n) is 3.49. The molecule has 1 aromatic heterocycles. The maximum absolute atomic E-state index is 9.18. The standard InChI is InChI=1S/C13H17ClN2S/c1-16(10-13(9-15)6-2-7-13)8-5-11-3-4-12(14)17-11/h3-4H,2,5-8,10H2,1H3. The minimum atomic E-state index is -0.0537. The van der Waals surface area contributed by atoms with Gasteiger partial charge in [0.25, 0.3) is 0 Å². The third-order valence-corrected chi connectivity index (χ3v) is 4.78. The molecule has 0 aliphatic heterocycles. The van der Waals surface area contributed by atoms with Crippen LogP contribution in [0.3, 0.4) is 0 Å². The Morgan fingerprint density at radius 3 is 2.76 bits per heavy atom. The number of nitriles is 1. The van der Waals surface area contributed by atoms with Crippen molar-refractivity contribution in [1.82, 2.24) is 4.90 Å². The highest BCUT2D eigenvalue weighted by atomic mass is 35.5. The fraction of sp³-hybridized carbons (Fsp3) is 0.615. The van der Waals surface area contributed by atoms with Gasteiger partial charge in [-0.1, -0.05) is 18.0 Å². The molecule has 4 heteroatoms. The second-order valence-corrected chi connectivity index (χ2v) is 6.74. The van der Waals surface area contributed by atoms with E-state index >= 15 is 0 Å². The average Bonchev–Trinajstić information content (AvgIpc) is 2.67. The Balaban J connectivity index is 1.78. The lowest BCUT2D eigenvalue weighted by Crippen LogP contribution is -2.40. The first-order chi connectivity index (χ1) is 8.13. The Kier molecular flexibility index (Phi) is 4.09. The van der Waals surface area contributed by atoms with Crippen LogP contribution in [0.5, 0.6) is 0 Å². The molecule has 0 N–H and O–H groups in total. The second-order valence-electron chi connectivity index (χ2n) is 4.94. The first kappa shape index (κ1) is 12.9. The zero-order valence-electron chi connectivity index (χ0n) is 10.1. The molecule has 0 spiro atoms. The van der Waals surface area contributed by atoms with Gasteiger partial charge in [-0.25, -0.2) is 0 Å². The van der Waals surface area contributed by atoms with E-state index in [0.717, 1.165) is 36.7 Å². The van der Waals surface area contributed by atoms with Crippen molar-refractivity contribution in [2.75, 3.05) is 20.1 Å². The molecular weight excluding hydrogens is 252 g/mol. The first-order valence-electron chi connectivity index (χ1n) is 5.98. The van der Waals surface area contributed by atoms with E-state index in [0.29, 0.717) is 0 Å². The molecule has 1 fully saturated rings. The van der Waals surface area contributed by atoms with E-state index in [-0.39, 0.29) is 5.41 Å². The highest BCUT2D eigenvalue weighted by Crippen LogP contribution is 2.40. The fourth-order valence-corrected chi connectivity index (χ4v) is 3.37. The van der Waals surface area contributed by atoms with Crippen LogP contribution < -0.4 is 0 Å². The molecule has 1 aliphatic carbocycles. The molecule has 0 saturated heterocycles. The summed E-state index contributed by atoms with van der Waals surface area (Å²) < 4.78 is 0.857. The van der Waals surface area contributed by atoms with Gasteiger partial charge in [0.05, 0.1) is 15.8 Å². The highest BCUT2D eigenvalue weighted by Gasteiger charge is 2.37. The summed E-state index contributed by atoms with van der Waals surface area (Å²) in [6.07, 6.45) is 4.37. The van der Waals surface area contributed by atoms with E-state index in [4.69, 9.17) is 11.6 Å². The molecule has 0 amide bonds. The van der Waals surface area contributed by atoms with Crippen LogP contribution in [0.1, 0.15) is 24.1 Å². The van der Waals surface area contributed by atoms with Gasteiger partial charge >= 0.3 is 0 Å². The molecule has 92 valence electrons. The topological polar surface area (TPSA) is 27.0 Å². The Bertz CT molecular complexity index is 417. The van der Waals surface area contributed by atoms with Gasteiger partial charge in [-0.2, -0.15) is 5.26 Å². The highest BCUT2D eigenvalue weighted by molar-refractivity contribution is 7.16. The van der Waals surface area contributed by atoms with E-state index < -0.39 is 0 Å². The van der Waals surface area contributed by atoms with E-state index in [1.165, 1.54) is 11.3 Å². The summed E-state index contributed by atoms with van der Waals surface area (Å²) in [5.41, 5.74) is -0.0537. The van der Waals surface area contributed by atoms with Gasteiger partial charge in [0.15, 0.2) is 0 Å². The number of thiophene rings is 1. The Hall–Kier alpha value is -0.560. The van der Waals surface area contributed by atoms with Crippen LogP contribution in [-0.4, -0.2) is 25.0 Å². The zero-order valence-corrected chi connectivity index (χ0v) is 11.7. The van der Waals surface area contributed by atoms with Gasteiger partial charge in [0.2, 0.25) is 0 Å². The summed E-state index contributed by atoms with van der Waals surface area (Å²) in [4.78, 5) is 3.59. The monoisotopic (exact) mass is 268 g/mol. The Labute approximate surface area is 112 Å². The largest absolute Gasteiger partial charge is 0.304 e. The van der Waals surface area contributed by atoms with Crippen LogP contribution in [0.15, 0.2) is 12.1 Å². The van der Waals surface area contributed by atoms with Crippen molar-refractivity contribution in [2.24, 2.45) is 5.41 Å². The third kappa shape index (κ3) is 3.22. The summed E-state index contributed by atoms with van der Waals surface area (Å²) in [5, 5.41) is 9.18. The molecule has 1 aromatic rings. The minimum Gasteiger partial charge on any atom is -0.304 e. The lowest BCUT2D eigenvalue weighted by atomic mass is 9.69. The van der Waals surface area contributed by atoms with Gasteiger partial charge in [-0.15, -0.1) is 11.3 Å². The van der Waals surface area contributed by atoms with E-state index in [1.54, 1.807) is 11.3 Å². The van der Waals surface area contributed by atoms with Gasteiger partial charge in [0, 0.05) is 18.0 Å². The normalized spacial score (nSPS) is 17.8. The summed E-state index contributed by atoms with van der Waals surface area (Å²) in [6.45, 7) is 1.91. The molecule has 0 unspecified atom stereocenters. The SMILES string of the molecule is CN(CCc1ccc(Cl)s1)CC1(C#N)CCC1. The molecular formula is C13H17ClN2S. The van der Waals surface area contributed by atoms with Crippen molar-refractivity contribution in [3.8, 4) is 6.07 Å². The van der Waals surface area contributed by atoms with Crippen molar-refractivity contribution >= 4 is 22.9 Å². The van der Waals surface area contributed by atoms with Crippen molar-refractivity contribution in [1.29, 1.82) is 5.26 Å². The Morgan fingerprint density at radius 2 is 2.29 bits per heavy atom. The summed E-state index contributed by atoms with van der Waals surface area (Å²) in [5.74, 6) is 0. The summed E-state index contributed by atoms with van der Waals surface area (Å²) >= 11 is 7.55. The molecule has 0 atom stereocenters. The van der Waals surface area contributed by atoms with Crippen LogP contribution in [-0.2, 0) is 6.42 Å². The van der Waals surface area contributed by atoms with E-state index in [1.807, 2.05) is 6.07 Å². The summed E-state index contributed by atoms with van der Waals surface area (Å²) in [6, 6.07) is 6.52. The molecule has 17 heavy (non-hydrogen) atoms. The molecule has 2 rings (SSSR count). The maximum atomic E-state index is 9.18. The molecule has 0 bridgehead atoms. The molecule has 1 saturated carbocycles. The van der Waals surface area contributed by atoms with Crippen LogP contribution in [0.25, 0.3) is 0 Å². The van der Waals surface area contributed by atoms with Gasteiger partial charge in [-0.05, 0) is 38.4 Å². The van der Waals surface area contributed by atoms with Crippen LogP contribution >= 0.6 is 22.9 Å². The maximum Gasteiger partial charge on any atom is 0.0931 e. The van der Waals surface area contributed by atoms with Crippen LogP contribution in [0.2, 0.25) is 4.34 Å². The minimum absolute atomic E-state index is 0.0537. The fourth-order valence-electron chi connectivity index (χ4n) is 2.29. The lowest BCUT2D eigenvalue weighted by molar-refractivity contribution is 0.139. The van der Waals surface area contributed by atoms with Crippen molar-refractivity contribution < 1.29 is 0 Å². The number of likely N-dealkylation sites (N-methyl/N-ethyl adjacent to an activating group) is 1. The average molecular weight is 269 g/mol. The second kappa shape index (κ2) is 5.39. The predicted octanol–water partition coefficient (Wildman–Crippen LogP) is 3.57. The first-order valence-corrected chi connectivity index (χ1v) is 7.17.